The molecule has 8 heteroatoms. The van der Waals surface area contributed by atoms with Gasteiger partial charge >= 0.3 is 11.9 Å². The molecule has 0 radical (unpaired) electrons. The molecule has 112 valence electrons. The molecule has 1 N–H and O–H groups in total. The van der Waals surface area contributed by atoms with E-state index in [4.69, 9.17) is 4.74 Å². The van der Waals surface area contributed by atoms with E-state index in [1.165, 1.54) is 31.4 Å². The highest BCUT2D eigenvalue weighted by Gasteiger charge is 2.36. The van der Waals surface area contributed by atoms with E-state index in [0.29, 0.717) is 13.0 Å². The summed E-state index contributed by atoms with van der Waals surface area (Å²) in [6, 6.07) is 4.39. The number of rotatable bonds is 4. The van der Waals surface area contributed by atoms with Crippen LogP contribution in [0.25, 0.3) is 0 Å². The summed E-state index contributed by atoms with van der Waals surface area (Å²) in [5.74, 6) is -1.12. The first-order valence-electron chi connectivity index (χ1n) is 6.29. The average molecular weight is 294 g/mol. The van der Waals surface area contributed by atoms with Crippen molar-refractivity contribution in [1.82, 2.24) is 5.32 Å². The summed E-state index contributed by atoms with van der Waals surface area (Å²) in [6.07, 6.45) is -0.112. The fourth-order valence-electron chi connectivity index (χ4n) is 2.09. The number of carbonyl (C=O) groups excluding carboxylic acids is 2. The number of nitrogens with zero attached hydrogens (tertiary/aromatic N) is 1. The third-order valence-corrected chi connectivity index (χ3v) is 3.19. The highest BCUT2D eigenvalue weighted by Crippen LogP contribution is 2.17. The van der Waals surface area contributed by atoms with Gasteiger partial charge in [0.05, 0.1) is 17.6 Å². The zero-order valence-corrected chi connectivity index (χ0v) is 11.3. The van der Waals surface area contributed by atoms with Gasteiger partial charge in [-0.25, -0.2) is 4.79 Å². The Hall–Kier alpha value is -2.48. The van der Waals surface area contributed by atoms with Crippen molar-refractivity contribution in [3.8, 4) is 0 Å². The van der Waals surface area contributed by atoms with Crippen molar-refractivity contribution in [2.24, 2.45) is 0 Å². The molecule has 0 aromatic heterocycles. The molecule has 8 nitrogen and oxygen atoms in total. The van der Waals surface area contributed by atoms with E-state index >= 15 is 0 Å². The molecule has 1 fully saturated rings. The van der Waals surface area contributed by atoms with Gasteiger partial charge in [-0.3, -0.25) is 14.9 Å². The predicted octanol–water partition coefficient (Wildman–Crippen LogP) is 0.655. The van der Waals surface area contributed by atoms with Crippen molar-refractivity contribution in [3.05, 3.63) is 39.9 Å². The van der Waals surface area contributed by atoms with Gasteiger partial charge in [0.2, 0.25) is 0 Å². The van der Waals surface area contributed by atoms with Crippen molar-refractivity contribution in [1.29, 1.82) is 0 Å². The molecule has 0 saturated carbocycles. The largest absolute Gasteiger partial charge is 0.468 e. The molecule has 1 aliphatic rings. The lowest BCUT2D eigenvalue weighted by molar-refractivity contribution is -0.384. The van der Waals surface area contributed by atoms with Crippen molar-refractivity contribution in [3.63, 3.8) is 0 Å². The van der Waals surface area contributed by atoms with Crippen LogP contribution in [0.2, 0.25) is 0 Å². The summed E-state index contributed by atoms with van der Waals surface area (Å²) < 4.78 is 9.89. The minimum atomic E-state index is -0.683. The first-order valence-corrected chi connectivity index (χ1v) is 6.29. The Morgan fingerprint density at radius 1 is 1.33 bits per heavy atom. The van der Waals surface area contributed by atoms with Gasteiger partial charge in [0, 0.05) is 12.1 Å². The van der Waals surface area contributed by atoms with Crippen LogP contribution in [-0.4, -0.2) is 42.7 Å². The maximum Gasteiger partial charge on any atom is 0.338 e. The minimum absolute atomic E-state index is 0.110. The second kappa shape index (κ2) is 6.31. The topological polar surface area (TPSA) is 108 Å². The number of ether oxygens (including phenoxy) is 2. The van der Waals surface area contributed by atoms with E-state index < -0.39 is 29.0 Å². The first kappa shape index (κ1) is 14.9. The molecule has 0 amide bonds. The quantitative estimate of drug-likeness (QED) is 0.493. The predicted molar refractivity (Wildman–Crippen MR) is 70.7 cm³/mol. The number of nitrogens with one attached hydrogen (secondary N) is 1. The summed E-state index contributed by atoms with van der Waals surface area (Å²) in [5, 5.41) is 13.4. The lowest BCUT2D eigenvalue weighted by Gasteiger charge is -2.17. The monoisotopic (exact) mass is 294 g/mol. The normalized spacial score (nSPS) is 20.8. The van der Waals surface area contributed by atoms with Gasteiger partial charge in [-0.05, 0) is 25.1 Å². The van der Waals surface area contributed by atoms with Gasteiger partial charge in [-0.15, -0.1) is 0 Å². The number of hydrogen-bond donors (Lipinski definition) is 1. The third kappa shape index (κ3) is 3.34. The number of non-ortho nitro benzene ring substituents is 1. The van der Waals surface area contributed by atoms with E-state index in [9.17, 15) is 19.7 Å². The maximum atomic E-state index is 12.0. The molecule has 1 saturated heterocycles. The molecule has 2 unspecified atom stereocenters. The zero-order valence-electron chi connectivity index (χ0n) is 11.3. The third-order valence-electron chi connectivity index (χ3n) is 3.19. The van der Waals surface area contributed by atoms with Crippen LogP contribution >= 0.6 is 0 Å². The molecule has 2 rings (SSSR count). The fraction of sp³-hybridized carbons (Fsp3) is 0.385. The molecule has 0 spiro atoms. The highest BCUT2D eigenvalue weighted by molar-refractivity contribution is 5.90. The number of carbonyl (C=O) groups is 2. The number of benzene rings is 1. The Labute approximate surface area is 120 Å². The van der Waals surface area contributed by atoms with E-state index in [0.717, 1.165) is 0 Å². The molecule has 0 aliphatic carbocycles. The molecule has 21 heavy (non-hydrogen) atoms. The zero-order chi connectivity index (χ0) is 15.4. The number of nitro benzene ring substituents is 1. The number of methoxy groups -OCH3 is 1. The highest BCUT2D eigenvalue weighted by atomic mass is 16.6. The van der Waals surface area contributed by atoms with Gasteiger partial charge in [0.15, 0.2) is 0 Å². The van der Waals surface area contributed by atoms with Crippen LogP contribution in [0, 0.1) is 10.1 Å². The smallest absolute Gasteiger partial charge is 0.338 e. The first-order chi connectivity index (χ1) is 10.0. The van der Waals surface area contributed by atoms with Crippen molar-refractivity contribution in [2.75, 3.05) is 13.7 Å². The van der Waals surface area contributed by atoms with Gasteiger partial charge < -0.3 is 14.8 Å². The minimum Gasteiger partial charge on any atom is -0.468 e. The van der Waals surface area contributed by atoms with Crippen molar-refractivity contribution >= 4 is 17.6 Å². The lowest BCUT2D eigenvalue weighted by Crippen LogP contribution is -2.41. The Balaban J connectivity index is 2.03. The summed E-state index contributed by atoms with van der Waals surface area (Å²) in [7, 11) is 1.26. The number of nitro groups is 1. The molecule has 1 aromatic rings. The summed E-state index contributed by atoms with van der Waals surface area (Å²) in [5.41, 5.74) is 0.0811. The van der Waals surface area contributed by atoms with Gasteiger partial charge in [-0.1, -0.05) is 0 Å². The van der Waals surface area contributed by atoms with E-state index in [2.05, 4.69) is 10.1 Å². The molecule has 1 heterocycles. The molecular formula is C13H14N2O6. The standard InChI is InChI=1S/C13H14N2O6/c1-20-13(17)11-10(6-7-14-11)21-12(16)8-2-4-9(5-3-8)15(18)19/h2-5,10-11,14H,6-7H2,1H3. The Morgan fingerprint density at radius 3 is 2.57 bits per heavy atom. The van der Waals surface area contributed by atoms with Crippen LogP contribution in [0.1, 0.15) is 16.8 Å². The Bertz CT molecular complexity index is 556. The summed E-state index contributed by atoms with van der Waals surface area (Å²) in [4.78, 5) is 33.5. The van der Waals surface area contributed by atoms with Crippen LogP contribution < -0.4 is 5.32 Å². The summed E-state index contributed by atoms with van der Waals surface area (Å²) in [6.45, 7) is 0.540. The van der Waals surface area contributed by atoms with Crippen LogP contribution in [0.4, 0.5) is 5.69 Å². The van der Waals surface area contributed by atoms with E-state index in [-0.39, 0.29) is 11.3 Å². The average Bonchev–Trinajstić information content (AvgIpc) is 2.94. The van der Waals surface area contributed by atoms with Crippen molar-refractivity contribution in [2.45, 2.75) is 18.6 Å². The lowest BCUT2D eigenvalue weighted by atomic mass is 10.1. The van der Waals surface area contributed by atoms with Gasteiger partial charge in [0.25, 0.3) is 5.69 Å². The molecule has 0 bridgehead atoms. The number of esters is 2. The SMILES string of the molecule is COC(=O)C1NCCC1OC(=O)c1ccc([N+](=O)[O-])cc1. The van der Waals surface area contributed by atoms with E-state index in [1.54, 1.807) is 0 Å². The van der Waals surface area contributed by atoms with Gasteiger partial charge in [-0.2, -0.15) is 0 Å². The van der Waals surface area contributed by atoms with Crippen molar-refractivity contribution < 1.29 is 24.0 Å². The second-order valence-electron chi connectivity index (χ2n) is 4.49. The maximum absolute atomic E-state index is 12.0. The van der Waals surface area contributed by atoms with E-state index in [1.807, 2.05) is 0 Å². The molecule has 1 aromatic carbocycles. The van der Waals surface area contributed by atoms with Crippen LogP contribution in [-0.2, 0) is 14.3 Å². The Morgan fingerprint density at radius 2 is 2.00 bits per heavy atom. The Kier molecular flexibility index (Phi) is 4.49. The second-order valence-corrected chi connectivity index (χ2v) is 4.49. The fourth-order valence-corrected chi connectivity index (χ4v) is 2.09. The van der Waals surface area contributed by atoms with Gasteiger partial charge in [0.1, 0.15) is 12.1 Å². The summed E-state index contributed by atoms with van der Waals surface area (Å²) >= 11 is 0. The van der Waals surface area contributed by atoms with Crippen LogP contribution in [0.3, 0.4) is 0 Å². The van der Waals surface area contributed by atoms with Crippen LogP contribution in [0.15, 0.2) is 24.3 Å². The molecule has 1 aliphatic heterocycles. The number of hydrogen-bond acceptors (Lipinski definition) is 7. The molecular weight excluding hydrogens is 280 g/mol. The molecule has 2 atom stereocenters. The van der Waals surface area contributed by atoms with Crippen LogP contribution in [0.5, 0.6) is 0 Å².